The molecule has 1 fully saturated rings. The van der Waals surface area contributed by atoms with Gasteiger partial charge in [0.15, 0.2) is 0 Å². The molecular weight excluding hydrogens is 336 g/mol. The van der Waals surface area contributed by atoms with Gasteiger partial charge < -0.3 is 10.0 Å². The van der Waals surface area contributed by atoms with Crippen LogP contribution in [0.25, 0.3) is 0 Å². The number of imide groups is 1. The van der Waals surface area contributed by atoms with Gasteiger partial charge in [0, 0.05) is 12.6 Å². The quantitative estimate of drug-likeness (QED) is 0.810. The van der Waals surface area contributed by atoms with E-state index in [0.29, 0.717) is 24.1 Å². The average Bonchev–Trinajstić information content (AvgIpc) is 3.13. The molecule has 1 aromatic carbocycles. The van der Waals surface area contributed by atoms with Gasteiger partial charge in [-0.05, 0) is 30.9 Å². The molecular formula is C19H22N2O5. The van der Waals surface area contributed by atoms with Crippen molar-refractivity contribution in [2.75, 3.05) is 6.54 Å². The van der Waals surface area contributed by atoms with Gasteiger partial charge in [-0.15, -0.1) is 0 Å². The standard InChI is InChI=1S/C19H22N2O5/c1-11(2)16(19(26)20-9-5-6-12(20)10-15(22)23)21-17(24)13-7-3-4-8-14(13)18(21)25/h3-4,7-8,11-12,16H,5-6,9-10H2,1-2H3,(H,22,23). The monoisotopic (exact) mass is 358 g/mol. The van der Waals surface area contributed by atoms with Crippen molar-refractivity contribution >= 4 is 23.7 Å². The summed E-state index contributed by atoms with van der Waals surface area (Å²) < 4.78 is 0. The minimum atomic E-state index is -0.962. The zero-order valence-corrected chi connectivity index (χ0v) is 14.8. The van der Waals surface area contributed by atoms with Crippen molar-refractivity contribution in [3.8, 4) is 0 Å². The van der Waals surface area contributed by atoms with Crippen molar-refractivity contribution < 1.29 is 24.3 Å². The van der Waals surface area contributed by atoms with Crippen LogP contribution in [0.4, 0.5) is 0 Å². The lowest BCUT2D eigenvalue weighted by molar-refractivity contribution is -0.142. The molecule has 0 radical (unpaired) electrons. The van der Waals surface area contributed by atoms with E-state index in [1.165, 1.54) is 4.90 Å². The smallest absolute Gasteiger partial charge is 0.305 e. The Bertz CT molecular complexity index is 738. The highest BCUT2D eigenvalue weighted by Gasteiger charge is 2.46. The summed E-state index contributed by atoms with van der Waals surface area (Å²) in [5, 5.41) is 9.08. The van der Waals surface area contributed by atoms with Crippen molar-refractivity contribution in [2.45, 2.75) is 45.2 Å². The van der Waals surface area contributed by atoms with E-state index in [1.807, 2.05) is 0 Å². The first-order valence-electron chi connectivity index (χ1n) is 8.82. The van der Waals surface area contributed by atoms with E-state index in [4.69, 9.17) is 5.11 Å². The minimum absolute atomic E-state index is 0.126. The average molecular weight is 358 g/mol. The molecule has 3 amide bonds. The molecule has 2 unspecified atom stereocenters. The van der Waals surface area contributed by atoms with Crippen LogP contribution in [0.5, 0.6) is 0 Å². The number of rotatable bonds is 5. The Kier molecular flexibility index (Phi) is 4.80. The number of benzene rings is 1. The predicted molar refractivity (Wildman–Crippen MR) is 92.6 cm³/mol. The highest BCUT2D eigenvalue weighted by Crippen LogP contribution is 2.30. The summed E-state index contributed by atoms with van der Waals surface area (Å²) in [6.07, 6.45) is 1.21. The number of fused-ring (bicyclic) bond motifs is 1. The summed E-state index contributed by atoms with van der Waals surface area (Å²) in [6, 6.07) is 5.21. The number of aliphatic carboxylic acids is 1. The number of hydrogen-bond donors (Lipinski definition) is 1. The number of carboxylic acids is 1. The fourth-order valence-electron chi connectivity index (χ4n) is 3.86. The molecule has 138 valence electrons. The summed E-state index contributed by atoms with van der Waals surface area (Å²) in [5.74, 6) is -2.52. The maximum absolute atomic E-state index is 13.2. The number of amides is 3. The van der Waals surface area contributed by atoms with Gasteiger partial charge in [0.1, 0.15) is 6.04 Å². The molecule has 0 aromatic heterocycles. The van der Waals surface area contributed by atoms with Gasteiger partial charge in [0.2, 0.25) is 5.91 Å². The van der Waals surface area contributed by atoms with Crippen LogP contribution in [-0.4, -0.2) is 57.2 Å². The molecule has 2 aliphatic rings. The van der Waals surface area contributed by atoms with Crippen LogP contribution in [0, 0.1) is 5.92 Å². The molecule has 7 heteroatoms. The Morgan fingerprint density at radius 2 is 1.73 bits per heavy atom. The van der Waals surface area contributed by atoms with Crippen LogP contribution in [0.3, 0.4) is 0 Å². The van der Waals surface area contributed by atoms with Gasteiger partial charge in [0.25, 0.3) is 11.8 Å². The van der Waals surface area contributed by atoms with E-state index >= 15 is 0 Å². The number of hydrogen-bond acceptors (Lipinski definition) is 4. The third-order valence-electron chi connectivity index (χ3n) is 5.06. The van der Waals surface area contributed by atoms with Crippen molar-refractivity contribution in [2.24, 2.45) is 5.92 Å². The van der Waals surface area contributed by atoms with E-state index in [0.717, 1.165) is 11.3 Å². The zero-order valence-electron chi connectivity index (χ0n) is 14.8. The topological polar surface area (TPSA) is 95.0 Å². The van der Waals surface area contributed by atoms with Gasteiger partial charge in [-0.1, -0.05) is 26.0 Å². The van der Waals surface area contributed by atoms with Crippen LogP contribution >= 0.6 is 0 Å². The van der Waals surface area contributed by atoms with Crippen LogP contribution < -0.4 is 0 Å². The van der Waals surface area contributed by atoms with Crippen LogP contribution in [-0.2, 0) is 9.59 Å². The molecule has 7 nitrogen and oxygen atoms in total. The van der Waals surface area contributed by atoms with E-state index in [1.54, 1.807) is 38.1 Å². The van der Waals surface area contributed by atoms with Crippen molar-refractivity contribution in [3.05, 3.63) is 35.4 Å². The van der Waals surface area contributed by atoms with Gasteiger partial charge in [-0.25, -0.2) is 0 Å². The maximum Gasteiger partial charge on any atom is 0.305 e. The number of carboxylic acid groups (broad SMARTS) is 1. The lowest BCUT2D eigenvalue weighted by atomic mass is 10.00. The Hall–Kier alpha value is -2.70. The molecule has 0 bridgehead atoms. The normalized spacial score (nSPS) is 20.7. The highest BCUT2D eigenvalue weighted by atomic mass is 16.4. The lowest BCUT2D eigenvalue weighted by Crippen LogP contribution is -2.54. The second kappa shape index (κ2) is 6.90. The largest absolute Gasteiger partial charge is 0.481 e. The predicted octanol–water partition coefficient (Wildman–Crippen LogP) is 1.77. The Morgan fingerprint density at radius 1 is 1.15 bits per heavy atom. The Morgan fingerprint density at radius 3 is 2.23 bits per heavy atom. The van der Waals surface area contributed by atoms with Gasteiger partial charge in [0.05, 0.1) is 17.5 Å². The summed E-state index contributed by atoms with van der Waals surface area (Å²) >= 11 is 0. The number of carbonyl (C=O) groups is 4. The molecule has 0 aliphatic carbocycles. The highest BCUT2D eigenvalue weighted by molar-refractivity contribution is 6.22. The molecule has 0 spiro atoms. The fourth-order valence-corrected chi connectivity index (χ4v) is 3.86. The van der Waals surface area contributed by atoms with Gasteiger partial charge in [-0.2, -0.15) is 0 Å². The van der Waals surface area contributed by atoms with Crippen molar-refractivity contribution in [1.29, 1.82) is 0 Å². The first-order valence-corrected chi connectivity index (χ1v) is 8.82. The third kappa shape index (κ3) is 2.98. The second-order valence-corrected chi connectivity index (χ2v) is 7.14. The van der Waals surface area contributed by atoms with E-state index in [-0.39, 0.29) is 18.2 Å². The molecule has 26 heavy (non-hydrogen) atoms. The summed E-state index contributed by atoms with van der Waals surface area (Å²) in [4.78, 5) is 52.4. The third-order valence-corrected chi connectivity index (χ3v) is 5.06. The summed E-state index contributed by atoms with van der Waals surface area (Å²) in [7, 11) is 0. The molecule has 0 saturated carbocycles. The van der Waals surface area contributed by atoms with Gasteiger partial charge in [-0.3, -0.25) is 24.1 Å². The summed E-state index contributed by atoms with van der Waals surface area (Å²) in [5.41, 5.74) is 0.610. The Balaban J connectivity index is 1.91. The first-order chi connectivity index (χ1) is 12.3. The van der Waals surface area contributed by atoms with Crippen LogP contribution in [0.15, 0.2) is 24.3 Å². The van der Waals surface area contributed by atoms with E-state index in [2.05, 4.69) is 0 Å². The molecule has 2 heterocycles. The first kappa shape index (κ1) is 18.1. The van der Waals surface area contributed by atoms with E-state index in [9.17, 15) is 19.2 Å². The number of likely N-dealkylation sites (tertiary alicyclic amines) is 1. The van der Waals surface area contributed by atoms with Crippen molar-refractivity contribution in [1.82, 2.24) is 9.80 Å². The molecule has 1 saturated heterocycles. The van der Waals surface area contributed by atoms with Crippen molar-refractivity contribution in [3.63, 3.8) is 0 Å². The molecule has 1 N–H and O–H groups in total. The van der Waals surface area contributed by atoms with Crippen LogP contribution in [0.1, 0.15) is 53.8 Å². The minimum Gasteiger partial charge on any atom is -0.481 e. The Labute approximate surface area is 151 Å². The number of carbonyl (C=O) groups excluding carboxylic acids is 3. The molecule has 2 atom stereocenters. The molecule has 1 aromatic rings. The fraction of sp³-hybridized carbons (Fsp3) is 0.474. The van der Waals surface area contributed by atoms with Gasteiger partial charge >= 0.3 is 5.97 Å². The zero-order chi connectivity index (χ0) is 19.0. The maximum atomic E-state index is 13.2. The lowest BCUT2D eigenvalue weighted by Gasteiger charge is -2.34. The van der Waals surface area contributed by atoms with Crippen LogP contribution in [0.2, 0.25) is 0 Å². The second-order valence-electron chi connectivity index (χ2n) is 7.14. The summed E-state index contributed by atoms with van der Waals surface area (Å²) in [6.45, 7) is 4.02. The molecule has 3 rings (SSSR count). The van der Waals surface area contributed by atoms with E-state index < -0.39 is 29.9 Å². The number of nitrogens with zero attached hydrogens (tertiary/aromatic N) is 2. The SMILES string of the molecule is CC(C)C(C(=O)N1CCCC1CC(=O)O)N1C(=O)c2ccccc2C1=O. The molecule has 2 aliphatic heterocycles.